The third-order valence-electron chi connectivity index (χ3n) is 5.81. The van der Waals surface area contributed by atoms with Crippen molar-refractivity contribution >= 4 is 35.1 Å². The topological polar surface area (TPSA) is 124 Å². The van der Waals surface area contributed by atoms with Crippen LogP contribution in [0.4, 0.5) is 21.2 Å². The third kappa shape index (κ3) is 7.46. The molecular formula is C25H33N7O3S. The summed E-state index contributed by atoms with van der Waals surface area (Å²) in [5, 5.41) is 17.9. The molecule has 192 valence electrons. The second kappa shape index (κ2) is 12.9. The van der Waals surface area contributed by atoms with Crippen LogP contribution in [-0.4, -0.2) is 67.7 Å². The average Bonchev–Trinajstić information content (AvgIpc) is 3.32. The number of aromatic nitrogens is 3. The maximum atomic E-state index is 12.5. The minimum atomic E-state index is -0.993. The van der Waals surface area contributed by atoms with Crippen molar-refractivity contribution in [2.24, 2.45) is 5.92 Å². The molecule has 11 heteroatoms. The van der Waals surface area contributed by atoms with Crippen LogP contribution in [0.25, 0.3) is 10.6 Å². The normalized spacial score (nSPS) is 11.9. The van der Waals surface area contributed by atoms with Gasteiger partial charge in [0, 0.05) is 29.9 Å². The van der Waals surface area contributed by atoms with Crippen molar-refractivity contribution in [3.8, 4) is 10.6 Å². The van der Waals surface area contributed by atoms with E-state index in [1.165, 1.54) is 16.2 Å². The Labute approximate surface area is 215 Å². The molecule has 0 fully saturated rings. The number of likely N-dealkylation sites (N-methyl/N-ethyl adjacent to an activating group) is 1. The molecule has 1 atom stereocenters. The quantitative estimate of drug-likeness (QED) is 0.328. The zero-order valence-electron chi connectivity index (χ0n) is 21.0. The molecule has 3 rings (SSSR count). The van der Waals surface area contributed by atoms with Gasteiger partial charge in [-0.2, -0.15) is 0 Å². The van der Waals surface area contributed by atoms with E-state index in [0.29, 0.717) is 23.9 Å². The van der Waals surface area contributed by atoms with Crippen molar-refractivity contribution in [1.82, 2.24) is 24.8 Å². The molecule has 3 N–H and O–H groups in total. The molecule has 0 spiro atoms. The summed E-state index contributed by atoms with van der Waals surface area (Å²) < 4.78 is 0. The largest absolute Gasteiger partial charge is 0.465 e. The fraction of sp³-hybridized carbons (Fsp3) is 0.400. The highest BCUT2D eigenvalue weighted by atomic mass is 32.1. The Morgan fingerprint density at radius 1 is 1.03 bits per heavy atom. The Hall–Kier alpha value is -3.57. The molecule has 0 saturated carbocycles. The van der Waals surface area contributed by atoms with Crippen molar-refractivity contribution in [2.45, 2.75) is 40.3 Å². The minimum absolute atomic E-state index is 0.123. The predicted molar refractivity (Wildman–Crippen MR) is 142 cm³/mol. The lowest BCUT2D eigenvalue weighted by Crippen LogP contribution is -2.49. The zero-order valence-corrected chi connectivity index (χ0v) is 21.8. The number of nitrogens with one attached hydrogen (secondary N) is 2. The van der Waals surface area contributed by atoms with Gasteiger partial charge in [0.25, 0.3) is 0 Å². The highest BCUT2D eigenvalue weighted by Gasteiger charge is 2.28. The molecule has 36 heavy (non-hydrogen) atoms. The number of nitrogens with zero attached hydrogens (tertiary/aromatic N) is 5. The van der Waals surface area contributed by atoms with E-state index in [1.54, 1.807) is 36.0 Å². The molecule has 3 amide bonds. The van der Waals surface area contributed by atoms with Gasteiger partial charge in [-0.05, 0) is 43.3 Å². The highest BCUT2D eigenvalue weighted by molar-refractivity contribution is 7.13. The van der Waals surface area contributed by atoms with E-state index in [4.69, 9.17) is 0 Å². The van der Waals surface area contributed by atoms with E-state index < -0.39 is 12.1 Å². The first kappa shape index (κ1) is 27.0. The number of anilines is 2. The van der Waals surface area contributed by atoms with Crippen LogP contribution in [0.15, 0.2) is 48.1 Å². The van der Waals surface area contributed by atoms with Gasteiger partial charge in [0.2, 0.25) is 0 Å². The first-order chi connectivity index (χ1) is 17.3. The number of carbonyl (C=O) groups is 2. The van der Waals surface area contributed by atoms with Crippen LogP contribution in [-0.2, 0) is 6.54 Å². The molecular weight excluding hydrogens is 478 g/mol. The van der Waals surface area contributed by atoms with E-state index in [1.807, 2.05) is 26.0 Å². The van der Waals surface area contributed by atoms with Gasteiger partial charge in [-0.25, -0.2) is 19.6 Å². The van der Waals surface area contributed by atoms with Crippen LogP contribution in [0.1, 0.15) is 33.4 Å². The molecule has 0 aliphatic rings. The summed E-state index contributed by atoms with van der Waals surface area (Å²) in [7, 11) is 0. The standard InChI is InChI=1S/C25H33N7O3S/c1-5-31(6-2)15-20(17(3)4)32(25(34)35)14-19-8-7-9-21(27-19)29-24(33)30-22-16-36-23(28-22)18-10-12-26-13-11-18/h7-13,16-17,20H,5-6,14-15H2,1-4H3,(H,34,35)(H2,27,29,30,33). The minimum Gasteiger partial charge on any atom is -0.465 e. The van der Waals surface area contributed by atoms with Gasteiger partial charge in [0.1, 0.15) is 16.6 Å². The maximum absolute atomic E-state index is 12.5. The molecule has 3 aromatic rings. The van der Waals surface area contributed by atoms with Crippen LogP contribution in [0.5, 0.6) is 0 Å². The first-order valence-corrected chi connectivity index (χ1v) is 12.8. The summed E-state index contributed by atoms with van der Waals surface area (Å²) in [5.41, 5.74) is 1.47. The molecule has 0 aromatic carbocycles. The Morgan fingerprint density at radius 2 is 1.72 bits per heavy atom. The number of hydrogen-bond donors (Lipinski definition) is 3. The monoisotopic (exact) mass is 511 g/mol. The van der Waals surface area contributed by atoms with Gasteiger partial charge in [-0.1, -0.05) is 33.8 Å². The van der Waals surface area contributed by atoms with Crippen molar-refractivity contribution in [2.75, 3.05) is 30.3 Å². The molecule has 1 unspecified atom stereocenters. The van der Waals surface area contributed by atoms with Gasteiger partial charge in [0.15, 0.2) is 0 Å². The van der Waals surface area contributed by atoms with Crippen LogP contribution in [0, 0.1) is 5.92 Å². The molecule has 10 nitrogen and oxygen atoms in total. The molecule has 0 aliphatic heterocycles. The van der Waals surface area contributed by atoms with E-state index in [-0.39, 0.29) is 18.5 Å². The zero-order chi connectivity index (χ0) is 26.1. The van der Waals surface area contributed by atoms with Gasteiger partial charge < -0.3 is 10.0 Å². The molecule has 0 bridgehead atoms. The number of carboxylic acid groups (broad SMARTS) is 1. The number of hydrogen-bond acceptors (Lipinski definition) is 7. The molecule has 0 aliphatic carbocycles. The lowest BCUT2D eigenvalue weighted by Gasteiger charge is -2.35. The van der Waals surface area contributed by atoms with Crippen LogP contribution < -0.4 is 10.6 Å². The lowest BCUT2D eigenvalue weighted by molar-refractivity contribution is 0.0850. The Balaban J connectivity index is 1.66. The fourth-order valence-corrected chi connectivity index (χ4v) is 4.53. The maximum Gasteiger partial charge on any atom is 0.407 e. The summed E-state index contributed by atoms with van der Waals surface area (Å²) in [6, 6.07) is 8.19. The van der Waals surface area contributed by atoms with Crippen LogP contribution in [0.3, 0.4) is 0 Å². The summed E-state index contributed by atoms with van der Waals surface area (Å²) in [4.78, 5) is 41.3. The number of carbonyl (C=O) groups excluding carboxylic acids is 1. The van der Waals surface area contributed by atoms with Gasteiger partial charge in [0.05, 0.1) is 18.3 Å². The molecule has 0 saturated heterocycles. The first-order valence-electron chi connectivity index (χ1n) is 11.9. The molecule has 3 heterocycles. The third-order valence-corrected chi connectivity index (χ3v) is 6.70. The summed E-state index contributed by atoms with van der Waals surface area (Å²) in [6.45, 7) is 10.7. The molecule has 3 aromatic heterocycles. The number of urea groups is 1. The summed E-state index contributed by atoms with van der Waals surface area (Å²) in [5.74, 6) is 0.877. The Kier molecular flexibility index (Phi) is 9.71. The van der Waals surface area contributed by atoms with Crippen molar-refractivity contribution < 1.29 is 14.7 Å². The SMILES string of the molecule is CCN(CC)CC(C(C)C)N(Cc1cccc(NC(=O)Nc2csc(-c3ccncc3)n2)n1)C(=O)O. The Morgan fingerprint density at radius 3 is 2.36 bits per heavy atom. The predicted octanol–water partition coefficient (Wildman–Crippen LogP) is 5.09. The van der Waals surface area contributed by atoms with Crippen LogP contribution in [0.2, 0.25) is 0 Å². The van der Waals surface area contributed by atoms with Gasteiger partial charge in [-0.3, -0.25) is 20.5 Å². The number of thiazole rings is 1. The number of amides is 3. The van der Waals surface area contributed by atoms with Crippen molar-refractivity contribution in [3.05, 3.63) is 53.8 Å². The van der Waals surface area contributed by atoms with E-state index in [9.17, 15) is 14.7 Å². The summed E-state index contributed by atoms with van der Waals surface area (Å²) >= 11 is 1.41. The smallest absolute Gasteiger partial charge is 0.407 e. The van der Waals surface area contributed by atoms with Crippen molar-refractivity contribution in [1.29, 1.82) is 0 Å². The van der Waals surface area contributed by atoms with E-state index >= 15 is 0 Å². The fourth-order valence-electron chi connectivity index (χ4n) is 3.78. The van der Waals surface area contributed by atoms with Gasteiger partial charge in [-0.15, -0.1) is 11.3 Å². The van der Waals surface area contributed by atoms with Crippen LogP contribution >= 0.6 is 11.3 Å². The van der Waals surface area contributed by atoms with E-state index in [2.05, 4.69) is 44.3 Å². The lowest BCUT2D eigenvalue weighted by atomic mass is 10.0. The second-order valence-corrected chi connectivity index (χ2v) is 9.43. The molecule has 0 radical (unpaired) electrons. The Bertz CT molecular complexity index is 1140. The van der Waals surface area contributed by atoms with E-state index in [0.717, 1.165) is 23.7 Å². The van der Waals surface area contributed by atoms with Gasteiger partial charge >= 0.3 is 12.1 Å². The number of rotatable bonds is 11. The number of pyridine rings is 2. The van der Waals surface area contributed by atoms with Crippen molar-refractivity contribution in [3.63, 3.8) is 0 Å². The summed E-state index contributed by atoms with van der Waals surface area (Å²) in [6.07, 6.45) is 2.38. The highest BCUT2D eigenvalue weighted by Crippen LogP contribution is 2.25. The second-order valence-electron chi connectivity index (χ2n) is 8.57. The average molecular weight is 512 g/mol.